The van der Waals surface area contributed by atoms with Crippen LogP contribution in [0.25, 0.3) is 11.0 Å². The van der Waals surface area contributed by atoms with E-state index in [0.29, 0.717) is 28.9 Å². The van der Waals surface area contributed by atoms with Crippen LogP contribution in [0.4, 0.5) is 5.69 Å². The van der Waals surface area contributed by atoms with Crippen molar-refractivity contribution in [3.63, 3.8) is 0 Å². The predicted octanol–water partition coefficient (Wildman–Crippen LogP) is 2.58. The summed E-state index contributed by atoms with van der Waals surface area (Å²) in [5.41, 5.74) is 1.34. The second kappa shape index (κ2) is 8.43. The maximum absolute atomic E-state index is 12.4. The highest BCUT2D eigenvalue weighted by Gasteiger charge is 2.25. The molecule has 2 atom stereocenters. The number of carbonyl (C=O) groups excluding carboxylic acids is 2. The summed E-state index contributed by atoms with van der Waals surface area (Å²) in [7, 11) is 0. The highest BCUT2D eigenvalue weighted by molar-refractivity contribution is 5.96. The highest BCUT2D eigenvalue weighted by atomic mass is 16.6. The van der Waals surface area contributed by atoms with E-state index in [1.54, 1.807) is 49.4 Å². The molecule has 2 aromatic carbocycles. The first-order chi connectivity index (χ1) is 13.5. The zero-order valence-corrected chi connectivity index (χ0v) is 15.5. The largest absolute Gasteiger partial charge is 0.479 e. The van der Waals surface area contributed by atoms with Crippen LogP contribution in [0.3, 0.4) is 0 Å². The maximum atomic E-state index is 12.4. The molecule has 0 saturated carbocycles. The smallest absolute Gasteiger partial charge is 0.348 e. The van der Waals surface area contributed by atoms with Gasteiger partial charge in [0.05, 0.1) is 11.0 Å². The molecule has 0 aliphatic heterocycles. The van der Waals surface area contributed by atoms with E-state index in [0.717, 1.165) is 0 Å². The number of nitrogens with one attached hydrogen (secondary N) is 3. The molecule has 146 valence electrons. The van der Waals surface area contributed by atoms with Crippen molar-refractivity contribution in [2.45, 2.75) is 32.5 Å². The molecule has 1 aromatic heterocycles. The molecular formula is C20H21N3O5. The Bertz CT molecular complexity index is 1030. The number of esters is 1. The van der Waals surface area contributed by atoms with Gasteiger partial charge in [0.1, 0.15) is 5.75 Å². The van der Waals surface area contributed by atoms with Crippen LogP contribution in [0.5, 0.6) is 5.75 Å². The third kappa shape index (κ3) is 4.59. The Morgan fingerprint density at radius 1 is 1.07 bits per heavy atom. The van der Waals surface area contributed by atoms with E-state index < -0.39 is 24.1 Å². The van der Waals surface area contributed by atoms with Crippen LogP contribution in [0, 0.1) is 0 Å². The average molecular weight is 383 g/mol. The Balaban J connectivity index is 1.60. The number of benzene rings is 2. The Labute approximate surface area is 160 Å². The van der Waals surface area contributed by atoms with Gasteiger partial charge in [-0.2, -0.15) is 0 Å². The van der Waals surface area contributed by atoms with Gasteiger partial charge in [-0.25, -0.2) is 9.59 Å². The van der Waals surface area contributed by atoms with Gasteiger partial charge in [-0.3, -0.25) is 4.79 Å². The predicted molar refractivity (Wildman–Crippen MR) is 104 cm³/mol. The van der Waals surface area contributed by atoms with E-state index in [2.05, 4.69) is 15.3 Å². The van der Waals surface area contributed by atoms with Gasteiger partial charge in [-0.1, -0.05) is 25.1 Å². The number of rotatable bonds is 7. The molecule has 0 spiro atoms. The summed E-state index contributed by atoms with van der Waals surface area (Å²) >= 11 is 0. The zero-order chi connectivity index (χ0) is 20.1. The molecule has 3 aromatic rings. The molecule has 1 heterocycles. The summed E-state index contributed by atoms with van der Waals surface area (Å²) in [5, 5.41) is 2.66. The van der Waals surface area contributed by atoms with Gasteiger partial charge in [0.15, 0.2) is 12.2 Å². The normalized spacial score (nSPS) is 12.9. The lowest BCUT2D eigenvalue weighted by molar-refractivity contribution is -0.160. The second-order valence-electron chi connectivity index (χ2n) is 6.24. The third-order valence-electron chi connectivity index (χ3n) is 4.10. The topological polar surface area (TPSA) is 113 Å². The first-order valence-electron chi connectivity index (χ1n) is 8.91. The lowest BCUT2D eigenvalue weighted by Crippen LogP contribution is -2.36. The number of H-pyrrole nitrogens is 2. The molecule has 0 saturated heterocycles. The number of aromatic nitrogens is 2. The van der Waals surface area contributed by atoms with Crippen molar-refractivity contribution in [3.05, 3.63) is 59.0 Å². The van der Waals surface area contributed by atoms with Crippen molar-refractivity contribution in [2.24, 2.45) is 0 Å². The minimum atomic E-state index is -1.01. The number of para-hydroxylation sites is 1. The quantitative estimate of drug-likeness (QED) is 0.543. The lowest BCUT2D eigenvalue weighted by atomic mass is 10.2. The van der Waals surface area contributed by atoms with E-state index in [-0.39, 0.29) is 5.69 Å². The highest BCUT2D eigenvalue weighted by Crippen LogP contribution is 2.16. The van der Waals surface area contributed by atoms with Crippen molar-refractivity contribution >= 4 is 28.6 Å². The molecule has 8 heteroatoms. The SMILES string of the molecule is CC[C@H](Oc1ccccc1)C(=O)O[C@@H](C)C(=O)Nc1ccc2[nH]c(=O)[nH]c2c1. The summed E-state index contributed by atoms with van der Waals surface area (Å²) in [6.07, 6.45) is -1.42. The van der Waals surface area contributed by atoms with Crippen LogP contribution in [0.2, 0.25) is 0 Å². The number of imidazole rings is 1. The van der Waals surface area contributed by atoms with Crippen LogP contribution in [0.1, 0.15) is 20.3 Å². The summed E-state index contributed by atoms with van der Waals surface area (Å²) in [4.78, 5) is 41.2. The van der Waals surface area contributed by atoms with E-state index in [1.807, 2.05) is 6.07 Å². The van der Waals surface area contributed by atoms with Crippen LogP contribution in [-0.4, -0.2) is 34.1 Å². The summed E-state index contributed by atoms with van der Waals surface area (Å²) in [6.45, 7) is 3.28. The summed E-state index contributed by atoms with van der Waals surface area (Å²) in [5.74, 6) is -0.545. The van der Waals surface area contributed by atoms with Gasteiger partial charge in [0.2, 0.25) is 0 Å². The van der Waals surface area contributed by atoms with Gasteiger partial charge < -0.3 is 24.8 Å². The molecule has 1 amide bonds. The van der Waals surface area contributed by atoms with Crippen LogP contribution in [0.15, 0.2) is 53.3 Å². The fourth-order valence-electron chi connectivity index (χ4n) is 2.62. The van der Waals surface area contributed by atoms with Crippen molar-refractivity contribution in [1.29, 1.82) is 0 Å². The number of fused-ring (bicyclic) bond motifs is 1. The number of hydrogen-bond donors (Lipinski definition) is 3. The van der Waals surface area contributed by atoms with Crippen molar-refractivity contribution in [3.8, 4) is 5.75 Å². The standard InChI is InChI=1S/C20H21N3O5/c1-3-17(28-14-7-5-4-6-8-14)19(25)27-12(2)18(24)21-13-9-10-15-16(11-13)23-20(26)22-15/h4-12,17H,3H2,1-2H3,(H,21,24)(H2,22,23,26)/t12-,17-/m0/s1. The number of carbonyl (C=O) groups is 2. The summed E-state index contributed by atoms with van der Waals surface area (Å²) < 4.78 is 10.9. The first-order valence-corrected chi connectivity index (χ1v) is 8.91. The Kier molecular flexibility index (Phi) is 5.78. The van der Waals surface area contributed by atoms with Gasteiger partial charge in [0, 0.05) is 5.69 Å². The molecule has 0 fully saturated rings. The van der Waals surface area contributed by atoms with Gasteiger partial charge in [0.25, 0.3) is 5.91 Å². The van der Waals surface area contributed by atoms with E-state index in [1.165, 1.54) is 6.92 Å². The summed E-state index contributed by atoms with van der Waals surface area (Å²) in [6, 6.07) is 13.9. The maximum Gasteiger partial charge on any atom is 0.348 e. The van der Waals surface area contributed by atoms with Crippen molar-refractivity contribution in [2.75, 3.05) is 5.32 Å². The molecular weight excluding hydrogens is 362 g/mol. The van der Waals surface area contributed by atoms with Gasteiger partial charge in [-0.15, -0.1) is 0 Å². The number of anilines is 1. The number of aromatic amines is 2. The lowest BCUT2D eigenvalue weighted by Gasteiger charge is -2.19. The second-order valence-corrected chi connectivity index (χ2v) is 6.24. The van der Waals surface area contributed by atoms with E-state index in [9.17, 15) is 14.4 Å². The molecule has 0 radical (unpaired) electrons. The molecule has 0 bridgehead atoms. The Morgan fingerprint density at radius 3 is 2.50 bits per heavy atom. The molecule has 0 unspecified atom stereocenters. The Morgan fingerprint density at radius 2 is 1.79 bits per heavy atom. The van der Waals surface area contributed by atoms with Gasteiger partial charge >= 0.3 is 11.7 Å². The molecule has 3 rings (SSSR count). The minimum Gasteiger partial charge on any atom is -0.479 e. The number of ether oxygens (including phenoxy) is 2. The third-order valence-corrected chi connectivity index (χ3v) is 4.10. The van der Waals surface area contributed by atoms with E-state index in [4.69, 9.17) is 9.47 Å². The van der Waals surface area contributed by atoms with Crippen LogP contribution in [-0.2, 0) is 14.3 Å². The van der Waals surface area contributed by atoms with E-state index >= 15 is 0 Å². The molecule has 28 heavy (non-hydrogen) atoms. The van der Waals surface area contributed by atoms with Crippen molar-refractivity contribution in [1.82, 2.24) is 9.97 Å². The fourth-order valence-corrected chi connectivity index (χ4v) is 2.62. The molecule has 8 nitrogen and oxygen atoms in total. The monoisotopic (exact) mass is 383 g/mol. The number of amides is 1. The van der Waals surface area contributed by atoms with Gasteiger partial charge in [-0.05, 0) is 43.7 Å². The molecule has 0 aliphatic rings. The van der Waals surface area contributed by atoms with Crippen molar-refractivity contribution < 1.29 is 19.1 Å². The minimum absolute atomic E-state index is 0.329. The van der Waals surface area contributed by atoms with Crippen LogP contribution >= 0.6 is 0 Å². The molecule has 0 aliphatic carbocycles. The zero-order valence-electron chi connectivity index (χ0n) is 15.5. The Hall–Kier alpha value is -3.55. The van der Waals surface area contributed by atoms with Crippen LogP contribution < -0.4 is 15.7 Å². The first kappa shape index (κ1) is 19.2. The molecule has 3 N–H and O–H groups in total. The fraction of sp³-hybridized carbons (Fsp3) is 0.250. The number of hydrogen-bond acceptors (Lipinski definition) is 5. The average Bonchev–Trinajstić information content (AvgIpc) is 3.06.